The van der Waals surface area contributed by atoms with E-state index in [1.165, 1.54) is 0 Å². The lowest BCUT2D eigenvalue weighted by molar-refractivity contribution is -0.117. The summed E-state index contributed by atoms with van der Waals surface area (Å²) < 4.78 is 5.45. The Kier molecular flexibility index (Phi) is 7.55. The Morgan fingerprint density at radius 3 is 2.46 bits per heavy atom. The van der Waals surface area contributed by atoms with Gasteiger partial charge in [0, 0.05) is 54.6 Å². The van der Waals surface area contributed by atoms with E-state index in [-0.39, 0.29) is 29.7 Å². The highest BCUT2D eigenvalue weighted by Gasteiger charge is 2.44. The van der Waals surface area contributed by atoms with Crippen LogP contribution in [0.25, 0.3) is 10.8 Å². The number of hydrogen-bond acceptors (Lipinski definition) is 5. The number of fused-ring (bicyclic) bond motifs is 1. The second-order valence-electron chi connectivity index (χ2n) is 11.6. The number of amides is 3. The Bertz CT molecular complexity index is 1360. The van der Waals surface area contributed by atoms with Gasteiger partial charge in [-0.15, -0.1) is 0 Å². The van der Waals surface area contributed by atoms with Crippen LogP contribution in [0, 0.1) is 11.8 Å². The fraction of sp³-hybridized carbons (Fsp3) is 0.419. The van der Waals surface area contributed by atoms with Crippen molar-refractivity contribution in [2.75, 3.05) is 25.0 Å². The maximum Gasteiger partial charge on any atom is 0.410 e. The zero-order valence-electron chi connectivity index (χ0n) is 22.8. The summed E-state index contributed by atoms with van der Waals surface area (Å²) >= 11 is 0. The van der Waals surface area contributed by atoms with Crippen LogP contribution in [0.15, 0.2) is 60.9 Å². The second kappa shape index (κ2) is 11.0. The molecule has 3 aromatic rings. The van der Waals surface area contributed by atoms with Crippen molar-refractivity contribution in [3.63, 3.8) is 0 Å². The lowest BCUT2D eigenvalue weighted by atomic mass is 9.97. The van der Waals surface area contributed by atoms with Crippen molar-refractivity contribution >= 4 is 34.4 Å². The van der Waals surface area contributed by atoms with E-state index < -0.39 is 5.60 Å². The summed E-state index contributed by atoms with van der Waals surface area (Å²) in [7, 11) is 0. The van der Waals surface area contributed by atoms with Crippen molar-refractivity contribution < 1.29 is 19.1 Å². The minimum absolute atomic E-state index is 0.0212. The fourth-order valence-electron chi connectivity index (χ4n) is 5.12. The van der Waals surface area contributed by atoms with Gasteiger partial charge in [0.2, 0.25) is 5.91 Å². The molecule has 2 N–H and O–H groups in total. The van der Waals surface area contributed by atoms with Gasteiger partial charge in [-0.05, 0) is 93.2 Å². The van der Waals surface area contributed by atoms with Crippen LogP contribution in [0.3, 0.4) is 0 Å². The van der Waals surface area contributed by atoms with Gasteiger partial charge in [0.25, 0.3) is 5.91 Å². The van der Waals surface area contributed by atoms with Gasteiger partial charge in [0.1, 0.15) is 5.60 Å². The monoisotopic (exact) mass is 528 g/mol. The van der Waals surface area contributed by atoms with E-state index in [4.69, 9.17) is 4.74 Å². The molecule has 2 aliphatic rings. The number of pyridine rings is 1. The average Bonchev–Trinajstić information content (AvgIpc) is 3.72. The molecule has 204 valence electrons. The van der Waals surface area contributed by atoms with E-state index in [1.54, 1.807) is 17.3 Å². The Balaban J connectivity index is 1.06. The summed E-state index contributed by atoms with van der Waals surface area (Å²) in [5, 5.41) is 8.15. The number of nitrogens with zero attached hydrogens (tertiary/aromatic N) is 2. The Morgan fingerprint density at radius 2 is 1.74 bits per heavy atom. The third-order valence-corrected chi connectivity index (χ3v) is 7.45. The number of anilines is 1. The number of rotatable bonds is 6. The fourth-order valence-corrected chi connectivity index (χ4v) is 5.12. The van der Waals surface area contributed by atoms with Gasteiger partial charge >= 0.3 is 6.09 Å². The van der Waals surface area contributed by atoms with Crippen molar-refractivity contribution in [1.29, 1.82) is 0 Å². The van der Waals surface area contributed by atoms with Crippen LogP contribution in [0.4, 0.5) is 10.5 Å². The van der Waals surface area contributed by atoms with E-state index in [2.05, 4.69) is 15.6 Å². The largest absolute Gasteiger partial charge is 0.444 e. The molecule has 2 unspecified atom stereocenters. The van der Waals surface area contributed by atoms with E-state index in [0.29, 0.717) is 31.1 Å². The van der Waals surface area contributed by atoms with E-state index in [0.717, 1.165) is 41.3 Å². The first-order chi connectivity index (χ1) is 18.7. The quantitative estimate of drug-likeness (QED) is 0.449. The molecule has 1 saturated carbocycles. The molecule has 1 aliphatic heterocycles. The first-order valence-corrected chi connectivity index (χ1v) is 13.7. The molecule has 0 spiro atoms. The van der Waals surface area contributed by atoms with Crippen LogP contribution < -0.4 is 10.6 Å². The van der Waals surface area contributed by atoms with Gasteiger partial charge in [-0.2, -0.15) is 0 Å². The van der Waals surface area contributed by atoms with Crippen molar-refractivity contribution in [3.8, 4) is 0 Å². The number of aromatic nitrogens is 1. The van der Waals surface area contributed by atoms with Crippen molar-refractivity contribution in [1.82, 2.24) is 15.2 Å². The molecule has 2 fully saturated rings. The molecule has 1 aliphatic carbocycles. The Morgan fingerprint density at radius 1 is 1.00 bits per heavy atom. The van der Waals surface area contributed by atoms with Gasteiger partial charge in [-0.3, -0.25) is 14.6 Å². The van der Waals surface area contributed by atoms with Crippen LogP contribution in [0.5, 0.6) is 0 Å². The molecule has 5 rings (SSSR count). The SMILES string of the molecule is CC(C)(C)OC(=O)N1CCC(CNC(=O)c2ccc(C3CC3C(=O)Nc3ccc4cnccc4c3)cc2)CC1. The summed E-state index contributed by atoms with van der Waals surface area (Å²) in [4.78, 5) is 43.6. The standard InChI is InChI=1S/C31H36N4O4/c1-31(2,3)39-30(38)35-14-11-20(12-15-35)18-33-28(36)22-6-4-21(5-7-22)26-17-27(26)29(37)34-25-9-8-24-19-32-13-10-23(24)16-25/h4-10,13,16,19-20,26-27H,11-12,14-15,17-18H2,1-3H3,(H,33,36)(H,34,37). The smallest absolute Gasteiger partial charge is 0.410 e. The number of hydrogen-bond donors (Lipinski definition) is 2. The molecule has 0 radical (unpaired) electrons. The number of benzene rings is 2. The molecule has 2 heterocycles. The molecular weight excluding hydrogens is 492 g/mol. The van der Waals surface area contributed by atoms with Gasteiger partial charge in [-0.25, -0.2) is 4.79 Å². The maximum absolute atomic E-state index is 12.8. The molecule has 2 atom stereocenters. The predicted molar refractivity (Wildman–Crippen MR) is 151 cm³/mol. The van der Waals surface area contributed by atoms with Crippen LogP contribution in [-0.2, 0) is 9.53 Å². The van der Waals surface area contributed by atoms with E-state index >= 15 is 0 Å². The highest BCUT2D eigenvalue weighted by molar-refractivity contribution is 5.97. The zero-order chi connectivity index (χ0) is 27.6. The average molecular weight is 529 g/mol. The first-order valence-electron chi connectivity index (χ1n) is 13.7. The maximum atomic E-state index is 12.8. The third-order valence-electron chi connectivity index (χ3n) is 7.45. The Hall–Kier alpha value is -3.94. The number of carbonyl (C=O) groups excluding carboxylic acids is 3. The second-order valence-corrected chi connectivity index (χ2v) is 11.6. The van der Waals surface area contributed by atoms with Gasteiger partial charge in [-0.1, -0.05) is 18.2 Å². The zero-order valence-corrected chi connectivity index (χ0v) is 22.8. The minimum atomic E-state index is -0.500. The minimum Gasteiger partial charge on any atom is -0.444 e. The van der Waals surface area contributed by atoms with E-state index in [1.807, 2.05) is 69.3 Å². The summed E-state index contributed by atoms with van der Waals surface area (Å²) in [5.41, 5.74) is 1.97. The third kappa shape index (κ3) is 6.74. The van der Waals surface area contributed by atoms with Crippen LogP contribution in [0.1, 0.15) is 61.9 Å². The van der Waals surface area contributed by atoms with Gasteiger partial charge in [0.05, 0.1) is 0 Å². The van der Waals surface area contributed by atoms with Crippen molar-refractivity contribution in [2.45, 2.75) is 51.6 Å². The van der Waals surface area contributed by atoms with Crippen molar-refractivity contribution in [3.05, 3.63) is 72.1 Å². The summed E-state index contributed by atoms with van der Waals surface area (Å²) in [5.74, 6) is 0.351. The topological polar surface area (TPSA) is 101 Å². The number of ether oxygens (including phenoxy) is 1. The van der Waals surface area contributed by atoms with Crippen molar-refractivity contribution in [2.24, 2.45) is 11.8 Å². The van der Waals surface area contributed by atoms with E-state index in [9.17, 15) is 14.4 Å². The Labute approximate surface area is 229 Å². The molecule has 2 aromatic carbocycles. The molecule has 8 heteroatoms. The molecule has 1 aromatic heterocycles. The van der Waals surface area contributed by atoms with Gasteiger partial charge < -0.3 is 20.3 Å². The first kappa shape index (κ1) is 26.7. The van der Waals surface area contributed by atoms with Crippen LogP contribution in [-0.4, -0.2) is 53.0 Å². The molecule has 39 heavy (non-hydrogen) atoms. The predicted octanol–water partition coefficient (Wildman–Crippen LogP) is 5.35. The molecular formula is C31H36N4O4. The normalized spacial score (nSPS) is 19.4. The van der Waals surface area contributed by atoms with Gasteiger partial charge in [0.15, 0.2) is 0 Å². The highest BCUT2D eigenvalue weighted by atomic mass is 16.6. The summed E-state index contributed by atoms with van der Waals surface area (Å²) in [6, 6.07) is 15.3. The highest BCUT2D eigenvalue weighted by Crippen LogP contribution is 2.48. The lowest BCUT2D eigenvalue weighted by Gasteiger charge is -2.33. The number of nitrogens with one attached hydrogen (secondary N) is 2. The summed E-state index contributed by atoms with van der Waals surface area (Å²) in [6.07, 6.45) is 5.74. The van der Waals surface area contributed by atoms with Crippen LogP contribution >= 0.6 is 0 Å². The number of piperidine rings is 1. The molecule has 1 saturated heterocycles. The molecule has 0 bridgehead atoms. The lowest BCUT2D eigenvalue weighted by Crippen LogP contribution is -2.43. The summed E-state index contributed by atoms with van der Waals surface area (Å²) in [6.45, 7) is 7.46. The molecule has 3 amide bonds. The number of likely N-dealkylation sites (tertiary alicyclic amines) is 1. The number of carbonyl (C=O) groups is 3. The van der Waals surface area contributed by atoms with Crippen LogP contribution in [0.2, 0.25) is 0 Å². The molecule has 8 nitrogen and oxygen atoms in total.